The van der Waals surface area contributed by atoms with Crippen molar-refractivity contribution in [3.63, 3.8) is 0 Å². The Balaban J connectivity index is 1.78. The first kappa shape index (κ1) is 15.2. The Labute approximate surface area is 122 Å². The molecule has 0 spiro atoms. The molecule has 21 heavy (non-hydrogen) atoms. The molecule has 1 aliphatic carbocycles. The van der Waals surface area contributed by atoms with Crippen LogP contribution in [0, 0.1) is 11.7 Å². The van der Waals surface area contributed by atoms with Crippen LogP contribution in [0.5, 0.6) is 0 Å². The molecule has 2 N–H and O–H groups in total. The monoisotopic (exact) mass is 291 g/mol. The van der Waals surface area contributed by atoms with Gasteiger partial charge in [-0.05, 0) is 43.0 Å². The second-order valence-corrected chi connectivity index (χ2v) is 5.08. The highest BCUT2D eigenvalue weighted by atomic mass is 19.1. The van der Waals surface area contributed by atoms with Crippen LogP contribution in [0.2, 0.25) is 0 Å². The molecule has 0 atom stereocenters. The number of hydrogen-bond donors (Lipinski definition) is 2. The van der Waals surface area contributed by atoms with Crippen LogP contribution in [-0.4, -0.2) is 18.0 Å². The molecule has 1 aromatic carbocycles. The van der Waals surface area contributed by atoms with Crippen molar-refractivity contribution in [3.05, 3.63) is 30.1 Å². The molecule has 1 fully saturated rings. The first-order valence-corrected chi connectivity index (χ1v) is 7.05. The molecule has 0 heterocycles. The maximum atomic E-state index is 12.7. The molecule has 2 rings (SSSR count). The van der Waals surface area contributed by atoms with Crippen LogP contribution < -0.4 is 10.7 Å². The zero-order valence-electron chi connectivity index (χ0n) is 11.6. The van der Waals surface area contributed by atoms with E-state index in [9.17, 15) is 14.0 Å². The minimum Gasteiger partial charge on any atom is -0.318 e. The molecule has 0 radical (unpaired) electrons. The molecular weight excluding hydrogens is 273 g/mol. The summed E-state index contributed by atoms with van der Waals surface area (Å²) in [6.45, 7) is 0. The number of halogens is 1. The normalized spacial score (nSPS) is 15.9. The van der Waals surface area contributed by atoms with Crippen molar-refractivity contribution in [2.75, 3.05) is 5.32 Å². The molecule has 0 aromatic heterocycles. The minimum absolute atomic E-state index is 0.354. The van der Waals surface area contributed by atoms with E-state index in [2.05, 4.69) is 15.8 Å². The number of carbonyl (C=O) groups excluding carboxylic acids is 2. The van der Waals surface area contributed by atoms with Gasteiger partial charge in [0.25, 0.3) is 0 Å². The molecule has 6 heteroatoms. The predicted molar refractivity (Wildman–Crippen MR) is 78.2 cm³/mol. The van der Waals surface area contributed by atoms with E-state index in [0.29, 0.717) is 11.6 Å². The third kappa shape index (κ3) is 4.98. The SMILES string of the molecule is O=C(NN=CC1CCCCC1)C(=O)Nc1ccc(F)cc1. The molecule has 0 saturated heterocycles. The average Bonchev–Trinajstić information content (AvgIpc) is 2.50. The molecule has 1 aromatic rings. The first-order valence-electron chi connectivity index (χ1n) is 7.05. The van der Waals surface area contributed by atoms with Gasteiger partial charge < -0.3 is 5.32 Å². The van der Waals surface area contributed by atoms with Crippen LogP contribution in [0.15, 0.2) is 29.4 Å². The molecule has 112 valence electrons. The van der Waals surface area contributed by atoms with Gasteiger partial charge in [0.05, 0.1) is 0 Å². The number of rotatable bonds is 3. The molecular formula is C15H18FN3O2. The van der Waals surface area contributed by atoms with Crippen LogP contribution >= 0.6 is 0 Å². The van der Waals surface area contributed by atoms with Crippen LogP contribution in [0.3, 0.4) is 0 Å². The molecule has 2 amide bonds. The van der Waals surface area contributed by atoms with E-state index in [1.165, 1.54) is 43.5 Å². The van der Waals surface area contributed by atoms with Crippen LogP contribution in [0.4, 0.5) is 10.1 Å². The zero-order valence-corrected chi connectivity index (χ0v) is 11.6. The van der Waals surface area contributed by atoms with Crippen molar-refractivity contribution >= 4 is 23.7 Å². The highest BCUT2D eigenvalue weighted by Crippen LogP contribution is 2.21. The summed E-state index contributed by atoms with van der Waals surface area (Å²) in [6.07, 6.45) is 7.44. The number of anilines is 1. The maximum absolute atomic E-state index is 12.7. The first-order chi connectivity index (χ1) is 10.1. The summed E-state index contributed by atoms with van der Waals surface area (Å²) in [5.41, 5.74) is 2.56. The van der Waals surface area contributed by atoms with Gasteiger partial charge in [-0.25, -0.2) is 9.82 Å². The quantitative estimate of drug-likeness (QED) is 0.510. The lowest BCUT2D eigenvalue weighted by Gasteiger charge is -2.16. The summed E-state index contributed by atoms with van der Waals surface area (Å²) in [5.74, 6) is -1.71. The van der Waals surface area contributed by atoms with E-state index < -0.39 is 17.6 Å². The van der Waals surface area contributed by atoms with E-state index >= 15 is 0 Å². The number of benzene rings is 1. The number of nitrogens with one attached hydrogen (secondary N) is 2. The molecule has 0 aliphatic heterocycles. The lowest BCUT2D eigenvalue weighted by Crippen LogP contribution is -2.32. The van der Waals surface area contributed by atoms with Gasteiger partial charge in [-0.3, -0.25) is 9.59 Å². The maximum Gasteiger partial charge on any atom is 0.329 e. The Hall–Kier alpha value is -2.24. The fourth-order valence-corrected chi connectivity index (χ4v) is 2.26. The van der Waals surface area contributed by atoms with E-state index in [4.69, 9.17) is 0 Å². The summed E-state index contributed by atoms with van der Waals surface area (Å²) in [4.78, 5) is 23.1. The molecule has 5 nitrogen and oxygen atoms in total. The lowest BCUT2D eigenvalue weighted by atomic mass is 9.90. The topological polar surface area (TPSA) is 70.6 Å². The van der Waals surface area contributed by atoms with Crippen LogP contribution in [0.25, 0.3) is 0 Å². The van der Waals surface area contributed by atoms with Crippen molar-refractivity contribution in [2.45, 2.75) is 32.1 Å². The smallest absolute Gasteiger partial charge is 0.318 e. The fraction of sp³-hybridized carbons (Fsp3) is 0.400. The Kier molecular flexibility index (Phi) is 5.43. The van der Waals surface area contributed by atoms with Gasteiger partial charge in [0.15, 0.2) is 0 Å². The lowest BCUT2D eigenvalue weighted by molar-refractivity contribution is -0.136. The number of hydrazone groups is 1. The summed E-state index contributed by atoms with van der Waals surface area (Å²) < 4.78 is 12.7. The van der Waals surface area contributed by atoms with Crippen molar-refractivity contribution in [1.82, 2.24) is 5.43 Å². The van der Waals surface area contributed by atoms with Gasteiger partial charge in [-0.2, -0.15) is 5.10 Å². The summed E-state index contributed by atoms with van der Waals surface area (Å²) in [5, 5.41) is 6.19. The largest absolute Gasteiger partial charge is 0.329 e. The molecule has 1 saturated carbocycles. The van der Waals surface area contributed by atoms with Gasteiger partial charge in [-0.15, -0.1) is 0 Å². The van der Waals surface area contributed by atoms with Crippen LogP contribution in [0.1, 0.15) is 32.1 Å². The van der Waals surface area contributed by atoms with Crippen molar-refractivity contribution in [2.24, 2.45) is 11.0 Å². The van der Waals surface area contributed by atoms with Gasteiger partial charge in [0, 0.05) is 11.9 Å². The van der Waals surface area contributed by atoms with E-state index in [1.807, 2.05) is 0 Å². The van der Waals surface area contributed by atoms with E-state index in [-0.39, 0.29) is 0 Å². The number of hydrogen-bond acceptors (Lipinski definition) is 3. The van der Waals surface area contributed by atoms with Crippen molar-refractivity contribution in [1.29, 1.82) is 0 Å². The fourth-order valence-electron chi connectivity index (χ4n) is 2.26. The third-order valence-corrected chi connectivity index (χ3v) is 3.41. The summed E-state index contributed by atoms with van der Waals surface area (Å²) >= 11 is 0. The molecule has 1 aliphatic rings. The summed E-state index contributed by atoms with van der Waals surface area (Å²) in [6, 6.07) is 5.17. The van der Waals surface area contributed by atoms with Crippen molar-refractivity contribution < 1.29 is 14.0 Å². The molecule has 0 bridgehead atoms. The second kappa shape index (κ2) is 7.52. The van der Waals surface area contributed by atoms with Gasteiger partial charge >= 0.3 is 11.8 Å². The predicted octanol–water partition coefficient (Wildman–Crippen LogP) is 2.45. The Bertz CT molecular complexity index is 522. The van der Waals surface area contributed by atoms with E-state index in [1.54, 1.807) is 6.21 Å². The zero-order chi connectivity index (χ0) is 15.1. The number of carbonyl (C=O) groups is 2. The number of amides is 2. The average molecular weight is 291 g/mol. The van der Waals surface area contributed by atoms with Crippen molar-refractivity contribution in [3.8, 4) is 0 Å². The minimum atomic E-state index is -0.841. The van der Waals surface area contributed by atoms with Gasteiger partial charge in [0.1, 0.15) is 5.82 Å². The van der Waals surface area contributed by atoms with Gasteiger partial charge in [0.2, 0.25) is 0 Å². The Morgan fingerprint density at radius 3 is 2.43 bits per heavy atom. The van der Waals surface area contributed by atoms with Crippen LogP contribution in [-0.2, 0) is 9.59 Å². The standard InChI is InChI=1S/C15H18FN3O2/c16-12-6-8-13(9-7-12)18-14(20)15(21)19-17-10-11-4-2-1-3-5-11/h6-11H,1-5H2,(H,18,20)(H,19,21). The number of nitrogens with zero attached hydrogens (tertiary/aromatic N) is 1. The van der Waals surface area contributed by atoms with Gasteiger partial charge in [-0.1, -0.05) is 19.3 Å². The second-order valence-electron chi connectivity index (χ2n) is 5.08. The highest BCUT2D eigenvalue weighted by Gasteiger charge is 2.14. The molecule has 0 unspecified atom stereocenters. The third-order valence-electron chi connectivity index (χ3n) is 3.41. The Morgan fingerprint density at radius 1 is 1.10 bits per heavy atom. The Morgan fingerprint density at radius 2 is 1.76 bits per heavy atom. The summed E-state index contributed by atoms with van der Waals surface area (Å²) in [7, 11) is 0. The highest BCUT2D eigenvalue weighted by molar-refractivity contribution is 6.39. The van der Waals surface area contributed by atoms with E-state index in [0.717, 1.165) is 12.8 Å².